The van der Waals surface area contributed by atoms with E-state index in [9.17, 15) is 17.6 Å². The van der Waals surface area contributed by atoms with Gasteiger partial charge in [0.05, 0.1) is 35.3 Å². The van der Waals surface area contributed by atoms with Gasteiger partial charge >= 0.3 is 0 Å². The first-order chi connectivity index (χ1) is 15.8. The van der Waals surface area contributed by atoms with E-state index in [2.05, 4.69) is 20.1 Å². The predicted molar refractivity (Wildman–Crippen MR) is 114 cm³/mol. The Bertz CT molecular complexity index is 1510. The lowest BCUT2D eigenvalue weighted by Crippen LogP contribution is -2.05. The first-order valence-corrected chi connectivity index (χ1v) is 10.00. The van der Waals surface area contributed by atoms with E-state index in [1.54, 1.807) is 19.1 Å². The van der Waals surface area contributed by atoms with Crippen molar-refractivity contribution in [2.45, 2.75) is 26.3 Å². The quantitative estimate of drug-likeness (QED) is 0.402. The number of benzene rings is 2. The lowest BCUT2D eigenvalue weighted by Gasteiger charge is -2.09. The average molecular weight is 455 g/mol. The number of fused-ring (bicyclic) bond motifs is 2. The number of rotatable bonds is 5. The molecule has 11 heteroatoms. The summed E-state index contributed by atoms with van der Waals surface area (Å²) in [5, 5.41) is 4.48. The van der Waals surface area contributed by atoms with E-state index in [0.29, 0.717) is 22.6 Å². The Morgan fingerprint density at radius 3 is 2.70 bits per heavy atom. The van der Waals surface area contributed by atoms with Crippen LogP contribution >= 0.6 is 0 Å². The van der Waals surface area contributed by atoms with E-state index in [0.717, 1.165) is 23.8 Å². The van der Waals surface area contributed by atoms with Gasteiger partial charge in [-0.1, -0.05) is 12.1 Å². The molecule has 3 aromatic heterocycles. The smallest absolute Gasteiger partial charge is 0.256 e. The van der Waals surface area contributed by atoms with Crippen LogP contribution in [0.25, 0.3) is 27.9 Å². The maximum atomic E-state index is 14.3. The second-order valence-corrected chi connectivity index (χ2v) is 7.57. The fraction of sp³-hybridized carbons (Fsp3) is 0.182. The van der Waals surface area contributed by atoms with Gasteiger partial charge < -0.3 is 10.3 Å². The third-order valence-corrected chi connectivity index (χ3v) is 5.37. The zero-order chi connectivity index (χ0) is 23.3. The molecule has 0 fully saturated rings. The molecule has 5 rings (SSSR count). The van der Waals surface area contributed by atoms with Gasteiger partial charge in [-0.3, -0.25) is 0 Å². The molecule has 0 bridgehead atoms. The molecule has 5 aromatic rings. The molecule has 33 heavy (non-hydrogen) atoms. The zero-order valence-corrected chi connectivity index (χ0v) is 17.3. The number of nitrogens with zero attached hydrogens (tertiary/aromatic N) is 6. The number of imidazole rings is 1. The fourth-order valence-corrected chi connectivity index (χ4v) is 3.87. The number of hydrogen-bond donors (Lipinski definition) is 1. The first kappa shape index (κ1) is 20.9. The number of anilines is 1. The third-order valence-electron chi connectivity index (χ3n) is 5.37. The summed E-state index contributed by atoms with van der Waals surface area (Å²) >= 11 is 0. The van der Waals surface area contributed by atoms with E-state index in [1.807, 2.05) is 6.07 Å². The second-order valence-electron chi connectivity index (χ2n) is 7.57. The van der Waals surface area contributed by atoms with Crippen LogP contribution < -0.4 is 5.73 Å². The molecule has 0 spiro atoms. The van der Waals surface area contributed by atoms with Crippen molar-refractivity contribution in [1.29, 1.82) is 0 Å². The van der Waals surface area contributed by atoms with Crippen LogP contribution in [0, 0.1) is 18.6 Å². The van der Waals surface area contributed by atoms with Crippen LogP contribution in [-0.4, -0.2) is 35.6 Å². The summed E-state index contributed by atoms with van der Waals surface area (Å²) < 4.78 is 56.6. The standard InChI is InChI=1S/C22H17F4N7/c1-11-19(14-8-13(23)5-6-15(14)24)30-21(27)22-29-18(31-33(11)22)7-12-3-2-4-16-20(12)28-10-32(16)9-17(25)26/h2-6,8,10,17H,7,9H2,1H3,(H2,27,30). The summed E-state index contributed by atoms with van der Waals surface area (Å²) in [5.41, 5.74) is 8.79. The summed E-state index contributed by atoms with van der Waals surface area (Å²) in [4.78, 5) is 13.0. The van der Waals surface area contributed by atoms with Crippen LogP contribution in [0.2, 0.25) is 0 Å². The molecule has 0 aliphatic rings. The third kappa shape index (κ3) is 3.65. The van der Waals surface area contributed by atoms with Gasteiger partial charge in [0.25, 0.3) is 6.43 Å². The van der Waals surface area contributed by atoms with Gasteiger partial charge in [0, 0.05) is 12.0 Å². The van der Waals surface area contributed by atoms with Gasteiger partial charge in [-0.15, -0.1) is 0 Å². The minimum atomic E-state index is -2.50. The molecule has 2 N–H and O–H groups in total. The van der Waals surface area contributed by atoms with Gasteiger partial charge in [-0.25, -0.2) is 37.0 Å². The highest BCUT2D eigenvalue weighted by atomic mass is 19.3. The number of nitrogens with two attached hydrogens (primary N) is 1. The van der Waals surface area contributed by atoms with Gasteiger partial charge in [-0.05, 0) is 36.8 Å². The van der Waals surface area contributed by atoms with E-state index < -0.39 is 24.6 Å². The minimum Gasteiger partial charge on any atom is -0.381 e. The Balaban J connectivity index is 1.57. The van der Waals surface area contributed by atoms with Crippen molar-refractivity contribution >= 4 is 22.5 Å². The van der Waals surface area contributed by atoms with Crippen LogP contribution in [0.5, 0.6) is 0 Å². The van der Waals surface area contributed by atoms with E-state index in [-0.39, 0.29) is 29.1 Å². The minimum absolute atomic E-state index is 0.0115. The molecular formula is C22H17F4N7. The molecule has 0 saturated carbocycles. The summed E-state index contributed by atoms with van der Waals surface area (Å²) in [6.07, 6.45) is -0.863. The molecule has 0 aliphatic heterocycles. The SMILES string of the molecule is Cc1c(-c2cc(F)ccc2F)nc(N)c2nc(Cc3cccc4c3ncn4CC(F)F)nn12. The normalized spacial score (nSPS) is 11.8. The molecule has 0 unspecified atom stereocenters. The highest BCUT2D eigenvalue weighted by molar-refractivity contribution is 5.79. The van der Waals surface area contributed by atoms with Crippen LogP contribution in [0.3, 0.4) is 0 Å². The Morgan fingerprint density at radius 2 is 1.91 bits per heavy atom. The molecule has 0 amide bonds. The number of halogens is 4. The number of alkyl halides is 2. The van der Waals surface area contributed by atoms with E-state index >= 15 is 0 Å². The Hall–Kier alpha value is -4.02. The van der Waals surface area contributed by atoms with Gasteiger partial charge in [0.1, 0.15) is 11.6 Å². The molecule has 0 radical (unpaired) electrons. The Morgan fingerprint density at radius 1 is 1.09 bits per heavy atom. The maximum absolute atomic E-state index is 14.3. The van der Waals surface area contributed by atoms with E-state index in [1.165, 1.54) is 15.4 Å². The zero-order valence-electron chi connectivity index (χ0n) is 17.3. The molecule has 3 heterocycles. The maximum Gasteiger partial charge on any atom is 0.256 e. The molecular weight excluding hydrogens is 438 g/mol. The largest absolute Gasteiger partial charge is 0.381 e. The Labute approximate surface area is 184 Å². The van der Waals surface area contributed by atoms with Crippen molar-refractivity contribution in [3.8, 4) is 11.3 Å². The highest BCUT2D eigenvalue weighted by Gasteiger charge is 2.19. The molecule has 0 atom stereocenters. The number of aryl methyl sites for hydroxylation is 1. The number of hydrogen-bond acceptors (Lipinski definition) is 5. The molecule has 2 aromatic carbocycles. The summed E-state index contributed by atoms with van der Waals surface area (Å²) in [7, 11) is 0. The van der Waals surface area contributed by atoms with Crippen LogP contribution in [0.1, 0.15) is 17.1 Å². The van der Waals surface area contributed by atoms with Crippen molar-refractivity contribution < 1.29 is 17.6 Å². The molecule has 168 valence electrons. The van der Waals surface area contributed by atoms with Crippen LogP contribution in [-0.2, 0) is 13.0 Å². The van der Waals surface area contributed by atoms with Crippen molar-refractivity contribution in [2.24, 2.45) is 0 Å². The van der Waals surface area contributed by atoms with E-state index in [4.69, 9.17) is 5.73 Å². The number of aromatic nitrogens is 6. The monoisotopic (exact) mass is 455 g/mol. The lowest BCUT2D eigenvalue weighted by molar-refractivity contribution is 0.128. The lowest BCUT2D eigenvalue weighted by atomic mass is 10.1. The van der Waals surface area contributed by atoms with Crippen LogP contribution in [0.15, 0.2) is 42.7 Å². The summed E-state index contributed by atoms with van der Waals surface area (Å²) in [6, 6.07) is 8.37. The second kappa shape index (κ2) is 7.84. The molecule has 0 aliphatic carbocycles. The highest BCUT2D eigenvalue weighted by Crippen LogP contribution is 2.28. The fourth-order valence-electron chi connectivity index (χ4n) is 3.87. The van der Waals surface area contributed by atoms with Crippen molar-refractivity contribution in [3.05, 3.63) is 71.4 Å². The van der Waals surface area contributed by atoms with Crippen LogP contribution in [0.4, 0.5) is 23.4 Å². The topological polar surface area (TPSA) is 86.9 Å². The summed E-state index contributed by atoms with van der Waals surface area (Å²) in [5.74, 6) is -0.848. The van der Waals surface area contributed by atoms with Gasteiger partial charge in [0.15, 0.2) is 17.3 Å². The first-order valence-electron chi connectivity index (χ1n) is 10.00. The van der Waals surface area contributed by atoms with Gasteiger partial charge in [0.2, 0.25) is 0 Å². The Kier molecular flexibility index (Phi) is 4.95. The molecule has 7 nitrogen and oxygen atoms in total. The molecule has 0 saturated heterocycles. The summed E-state index contributed by atoms with van der Waals surface area (Å²) in [6.45, 7) is 1.21. The van der Waals surface area contributed by atoms with Crippen molar-refractivity contribution in [1.82, 2.24) is 29.1 Å². The van der Waals surface area contributed by atoms with Crippen molar-refractivity contribution in [3.63, 3.8) is 0 Å². The predicted octanol–water partition coefficient (Wildman–Crippen LogP) is 4.17. The average Bonchev–Trinajstić information content (AvgIpc) is 3.38. The number of para-hydroxylation sites is 1. The number of nitrogen functional groups attached to an aromatic ring is 1. The van der Waals surface area contributed by atoms with Crippen molar-refractivity contribution in [2.75, 3.05) is 5.73 Å². The van der Waals surface area contributed by atoms with Gasteiger partial charge in [-0.2, -0.15) is 5.10 Å².